The fourth-order valence-electron chi connectivity index (χ4n) is 5.99. The molecule has 45 heavy (non-hydrogen) atoms. The molecule has 2 bridgehead atoms. The number of aromatic amines is 1. The first-order chi connectivity index (χ1) is 21.3. The third-order valence-electron chi connectivity index (χ3n) is 8.10. The van der Waals surface area contributed by atoms with Crippen LogP contribution >= 0.6 is 15.0 Å². The van der Waals surface area contributed by atoms with Crippen LogP contribution in [-0.4, -0.2) is 102 Å². The minimum Gasteiger partial charge on any atom is -0.397 e. The first-order valence-corrected chi connectivity index (χ1v) is 18.1. The largest absolute Gasteiger partial charge is 0.397 e. The average molecular weight is 670 g/mol. The molecule has 2 unspecified atom stereocenters. The number of fused-ring (bicyclic) bond motifs is 5. The fraction of sp³-hybridized carbons (Fsp3) is 0.542. The minimum absolute atomic E-state index is 0.0270. The van der Waals surface area contributed by atoms with E-state index in [0.29, 0.717) is 11.2 Å². The molecule has 0 aliphatic carbocycles. The van der Waals surface area contributed by atoms with Gasteiger partial charge >= 0.3 is 7.60 Å². The van der Waals surface area contributed by atoms with E-state index >= 15 is 4.39 Å². The van der Waals surface area contributed by atoms with Gasteiger partial charge in [0, 0.05) is 31.6 Å². The third kappa shape index (κ3) is 5.36. The first kappa shape index (κ1) is 30.4. The SMILES string of the molecule is CP1(=O)C[C@@H]2[C@H](O)[C@@H](COP(C)(=O)O[C@H]3[C@@H](F)[C@H](n4cnc5c(N)ccnc54)O[C@@H]3CO1)O[C@H]2n1cnc2c(=O)[nH]c(N)nc21. The lowest BCUT2D eigenvalue weighted by atomic mass is 10.0. The number of nitrogen functional groups attached to an aromatic ring is 2. The highest BCUT2D eigenvalue weighted by Crippen LogP contribution is 2.54. The highest BCUT2D eigenvalue weighted by Gasteiger charge is 2.53. The number of hydrogen-bond donors (Lipinski definition) is 4. The molecule has 4 aromatic heterocycles. The zero-order chi connectivity index (χ0) is 31.8. The van der Waals surface area contributed by atoms with Crippen molar-refractivity contribution in [1.29, 1.82) is 0 Å². The van der Waals surface area contributed by atoms with Crippen molar-refractivity contribution in [3.8, 4) is 0 Å². The molecule has 3 aliphatic rings. The van der Waals surface area contributed by atoms with Crippen LogP contribution in [0.5, 0.6) is 0 Å². The van der Waals surface area contributed by atoms with Gasteiger partial charge in [-0.25, -0.2) is 19.3 Å². The minimum atomic E-state index is -4.03. The molecule has 0 amide bonds. The summed E-state index contributed by atoms with van der Waals surface area (Å²) in [5, 5.41) is 11.3. The zero-order valence-corrected chi connectivity index (χ0v) is 25.7. The average Bonchev–Trinajstić information content (AvgIpc) is 3.72. The summed E-state index contributed by atoms with van der Waals surface area (Å²) >= 11 is 0. The number of halogens is 1. The van der Waals surface area contributed by atoms with Gasteiger partial charge < -0.3 is 35.1 Å². The fourth-order valence-corrected chi connectivity index (χ4v) is 8.89. The van der Waals surface area contributed by atoms with E-state index < -0.39 is 82.7 Å². The molecule has 7 heterocycles. The van der Waals surface area contributed by atoms with Crippen LogP contribution in [0.2, 0.25) is 0 Å². The summed E-state index contributed by atoms with van der Waals surface area (Å²) in [6, 6.07) is 1.55. The molecule has 18 nitrogen and oxygen atoms in total. The van der Waals surface area contributed by atoms with E-state index in [1.165, 1.54) is 34.7 Å². The van der Waals surface area contributed by atoms with Crippen LogP contribution < -0.4 is 17.0 Å². The van der Waals surface area contributed by atoms with Crippen molar-refractivity contribution in [3.63, 3.8) is 0 Å². The molecule has 6 N–H and O–H groups in total. The maximum atomic E-state index is 16.1. The van der Waals surface area contributed by atoms with Crippen molar-refractivity contribution >= 4 is 48.9 Å². The number of nitrogens with one attached hydrogen (secondary N) is 1. The highest BCUT2D eigenvalue weighted by atomic mass is 31.2. The van der Waals surface area contributed by atoms with Crippen LogP contribution in [0.4, 0.5) is 16.0 Å². The van der Waals surface area contributed by atoms with E-state index in [1.54, 1.807) is 6.07 Å². The second kappa shape index (κ2) is 10.9. The summed E-state index contributed by atoms with van der Waals surface area (Å²) in [7, 11) is -7.62. The molecule has 4 aromatic rings. The number of pyridine rings is 1. The number of anilines is 2. The molecule has 0 spiro atoms. The van der Waals surface area contributed by atoms with Crippen molar-refractivity contribution < 1.29 is 41.7 Å². The van der Waals surface area contributed by atoms with Gasteiger partial charge in [0.25, 0.3) is 5.56 Å². The van der Waals surface area contributed by atoms with E-state index in [-0.39, 0.29) is 28.9 Å². The Bertz CT molecular complexity index is 1940. The third-order valence-corrected chi connectivity index (χ3v) is 11.1. The Morgan fingerprint density at radius 1 is 1.00 bits per heavy atom. The number of aliphatic hydroxyl groups excluding tert-OH is 1. The second-order valence-electron chi connectivity index (χ2n) is 11.4. The summed E-state index contributed by atoms with van der Waals surface area (Å²) in [5.74, 6) is -1.07. The van der Waals surface area contributed by atoms with Gasteiger partial charge in [-0.1, -0.05) is 0 Å². The Labute approximate surface area is 253 Å². The Morgan fingerprint density at radius 2 is 1.69 bits per heavy atom. The Morgan fingerprint density at radius 3 is 2.47 bits per heavy atom. The number of hydrogen-bond acceptors (Lipinski definition) is 15. The second-order valence-corrected chi connectivity index (χ2v) is 16.0. The van der Waals surface area contributed by atoms with Crippen molar-refractivity contribution in [2.24, 2.45) is 5.92 Å². The van der Waals surface area contributed by atoms with Crippen LogP contribution in [0.25, 0.3) is 22.3 Å². The van der Waals surface area contributed by atoms with Gasteiger partial charge in [-0.05, 0) is 6.07 Å². The zero-order valence-electron chi connectivity index (χ0n) is 23.9. The summed E-state index contributed by atoms with van der Waals surface area (Å²) in [6.45, 7) is 1.66. The highest BCUT2D eigenvalue weighted by molar-refractivity contribution is 7.58. The molecule has 0 radical (unpaired) electrons. The van der Waals surface area contributed by atoms with Crippen molar-refractivity contribution in [2.45, 2.75) is 43.0 Å². The van der Waals surface area contributed by atoms with Crippen LogP contribution in [0.15, 0.2) is 29.7 Å². The molecule has 3 fully saturated rings. The molecule has 242 valence electrons. The van der Waals surface area contributed by atoms with Crippen molar-refractivity contribution in [3.05, 3.63) is 35.3 Å². The molecule has 3 saturated heterocycles. The number of aliphatic hydroxyl groups is 1. The molecular weight excluding hydrogens is 639 g/mol. The van der Waals surface area contributed by atoms with Crippen LogP contribution in [0.3, 0.4) is 0 Å². The number of ether oxygens (including phenoxy) is 2. The van der Waals surface area contributed by atoms with E-state index in [0.717, 1.165) is 6.66 Å². The van der Waals surface area contributed by atoms with Gasteiger partial charge in [0.05, 0.1) is 37.7 Å². The van der Waals surface area contributed by atoms with Crippen molar-refractivity contribution in [2.75, 3.05) is 44.2 Å². The summed E-state index contributed by atoms with van der Waals surface area (Å²) in [6.07, 6.45) is -5.48. The van der Waals surface area contributed by atoms with E-state index in [1.807, 2.05) is 0 Å². The Hall–Kier alpha value is -3.28. The first-order valence-electron chi connectivity index (χ1n) is 13.9. The van der Waals surface area contributed by atoms with Crippen LogP contribution in [0.1, 0.15) is 12.5 Å². The van der Waals surface area contributed by atoms with Gasteiger partial charge in [-0.2, -0.15) is 4.98 Å². The van der Waals surface area contributed by atoms with Crippen molar-refractivity contribution in [1.82, 2.24) is 34.1 Å². The lowest BCUT2D eigenvalue weighted by Crippen LogP contribution is -2.34. The number of alkyl halides is 1. The maximum Gasteiger partial charge on any atom is 0.328 e. The Balaban J connectivity index is 1.21. The smallest absolute Gasteiger partial charge is 0.328 e. The lowest BCUT2D eigenvalue weighted by molar-refractivity contribution is -0.0494. The maximum absolute atomic E-state index is 16.1. The normalized spacial score (nSPS) is 37.7. The van der Waals surface area contributed by atoms with E-state index in [9.17, 15) is 19.0 Å². The number of H-pyrrole nitrogens is 1. The summed E-state index contributed by atoms with van der Waals surface area (Å²) in [5.41, 5.74) is 12.1. The van der Waals surface area contributed by atoms with Crippen LogP contribution in [-0.2, 0) is 32.2 Å². The van der Waals surface area contributed by atoms with Gasteiger partial charge in [-0.3, -0.25) is 32.6 Å². The molecular formula is C24H30FN9O9P2. The predicted molar refractivity (Wildman–Crippen MR) is 155 cm³/mol. The number of nitrogens with zero attached hydrogens (tertiary/aromatic N) is 6. The van der Waals surface area contributed by atoms with Gasteiger partial charge in [0.2, 0.25) is 13.3 Å². The number of imidazole rings is 2. The molecule has 0 aromatic carbocycles. The van der Waals surface area contributed by atoms with Gasteiger partial charge in [0.15, 0.2) is 29.2 Å². The summed E-state index contributed by atoms with van der Waals surface area (Å²) in [4.78, 5) is 31.4. The molecule has 0 saturated carbocycles. The lowest BCUT2D eigenvalue weighted by Gasteiger charge is -2.27. The quantitative estimate of drug-likeness (QED) is 0.217. The van der Waals surface area contributed by atoms with Crippen LogP contribution in [0, 0.1) is 5.92 Å². The van der Waals surface area contributed by atoms with E-state index in [2.05, 4.69) is 24.9 Å². The monoisotopic (exact) mass is 669 g/mol. The molecule has 7 rings (SSSR count). The molecule has 3 aliphatic heterocycles. The van der Waals surface area contributed by atoms with Gasteiger partial charge in [-0.15, -0.1) is 0 Å². The van der Waals surface area contributed by atoms with Gasteiger partial charge in [0.1, 0.15) is 30.1 Å². The Kier molecular flexibility index (Phi) is 7.37. The van der Waals surface area contributed by atoms with E-state index in [4.69, 9.17) is 34.5 Å². The topological polar surface area (TPSA) is 247 Å². The predicted octanol–water partition coefficient (Wildman–Crippen LogP) is 1.00. The number of nitrogens with two attached hydrogens (primary N) is 2. The molecule has 10 atom stereocenters. The number of rotatable bonds is 2. The summed E-state index contributed by atoms with van der Waals surface area (Å²) < 4.78 is 75.5. The number of aromatic nitrogens is 7. The standard InChI is InChI=1S/C24H30FN9O9P2/c1-44(37)7-10-17(35)12(41-22(10)34-9-30-16-20(34)31-24(27)32-21(16)36)5-40-45(2,38)43-18-13(6-39-44)42-23(14(18)25)33-8-29-15-11(26)3-4-28-19(15)33/h3-4,8-10,12-14,17-18,22-23,35H,5-7H2,1-2H3,(H2,26,28)(H3,27,31,32,36)/t10-,12-,13-,14-,17+,18-,22-,23-,44?,45?/m1/s1. The molecule has 21 heteroatoms.